The van der Waals surface area contributed by atoms with Crippen LogP contribution in [0.5, 0.6) is 5.75 Å². The summed E-state index contributed by atoms with van der Waals surface area (Å²) in [6, 6.07) is 13.4. The zero-order valence-corrected chi connectivity index (χ0v) is 24.3. The molecule has 41 heavy (non-hydrogen) atoms. The molecule has 3 fully saturated rings. The summed E-state index contributed by atoms with van der Waals surface area (Å²) in [5.74, 6) is -0.986. The number of fused-ring (bicyclic) bond motifs is 1. The number of nitrogens with one attached hydrogen (secondary N) is 2. The molecule has 1 aliphatic carbocycles. The highest BCUT2D eigenvalue weighted by atomic mass is 35.5. The maximum atomic E-state index is 14.3. The van der Waals surface area contributed by atoms with Gasteiger partial charge in [0.2, 0.25) is 17.7 Å². The molecule has 4 aliphatic rings. The van der Waals surface area contributed by atoms with Crippen LogP contribution in [-0.2, 0) is 25.7 Å². The Morgan fingerprint density at radius 3 is 2.71 bits per heavy atom. The third-order valence-corrected chi connectivity index (χ3v) is 9.77. The van der Waals surface area contributed by atoms with E-state index in [0.29, 0.717) is 28.3 Å². The fourth-order valence-electron chi connectivity index (χ4n) is 7.24. The van der Waals surface area contributed by atoms with Gasteiger partial charge in [0.1, 0.15) is 17.4 Å². The molecule has 2 bridgehead atoms. The molecule has 2 N–H and O–H groups in total. The Labute approximate surface area is 245 Å². The molecule has 0 unspecified atom stereocenters. The predicted octanol–water partition coefficient (Wildman–Crippen LogP) is 4.58. The number of carbonyl (C=O) groups excluding carboxylic acids is 3. The van der Waals surface area contributed by atoms with Gasteiger partial charge in [0.05, 0.1) is 25.0 Å². The van der Waals surface area contributed by atoms with Gasteiger partial charge in [-0.2, -0.15) is 0 Å². The van der Waals surface area contributed by atoms with Gasteiger partial charge in [0.15, 0.2) is 0 Å². The lowest BCUT2D eigenvalue weighted by atomic mass is 9.73. The monoisotopic (exact) mass is 577 g/mol. The zero-order valence-electron chi connectivity index (χ0n) is 23.5. The van der Waals surface area contributed by atoms with Crippen molar-refractivity contribution in [2.45, 2.75) is 63.4 Å². The third kappa shape index (κ3) is 4.81. The van der Waals surface area contributed by atoms with Gasteiger partial charge in [-0.25, -0.2) is 0 Å². The second-order valence-electron chi connectivity index (χ2n) is 11.9. The first-order valence-electron chi connectivity index (χ1n) is 14.4. The van der Waals surface area contributed by atoms with Crippen molar-refractivity contribution >= 4 is 35.0 Å². The molecule has 3 heterocycles. The largest absolute Gasteiger partial charge is 0.497 e. The van der Waals surface area contributed by atoms with Crippen LogP contribution in [0.15, 0.2) is 60.7 Å². The van der Waals surface area contributed by atoms with Crippen LogP contribution in [-0.4, -0.2) is 53.5 Å². The first kappa shape index (κ1) is 27.8. The van der Waals surface area contributed by atoms with E-state index in [1.807, 2.05) is 36.4 Å². The van der Waals surface area contributed by atoms with E-state index in [1.165, 1.54) is 0 Å². The molecule has 3 amide bonds. The summed E-state index contributed by atoms with van der Waals surface area (Å²) in [6.07, 6.45) is 6.14. The van der Waals surface area contributed by atoms with Crippen molar-refractivity contribution < 1.29 is 23.9 Å². The number of rotatable bonds is 7. The minimum absolute atomic E-state index is 0.0139. The molecule has 2 aromatic carbocycles. The van der Waals surface area contributed by atoms with Gasteiger partial charge in [0, 0.05) is 23.3 Å². The molecule has 9 heteroatoms. The van der Waals surface area contributed by atoms with Crippen LogP contribution in [0.1, 0.15) is 38.7 Å². The Hall–Kier alpha value is -3.36. The Balaban J connectivity index is 1.34. The first-order chi connectivity index (χ1) is 19.7. The molecule has 216 valence electrons. The van der Waals surface area contributed by atoms with Crippen molar-refractivity contribution in [2.24, 2.45) is 23.7 Å². The van der Waals surface area contributed by atoms with Crippen molar-refractivity contribution in [1.29, 1.82) is 0 Å². The number of methoxy groups -OCH3 is 1. The Kier molecular flexibility index (Phi) is 7.32. The summed E-state index contributed by atoms with van der Waals surface area (Å²) in [4.78, 5) is 43.7. The van der Waals surface area contributed by atoms with E-state index >= 15 is 0 Å². The Bertz CT molecular complexity index is 1400. The van der Waals surface area contributed by atoms with Gasteiger partial charge < -0.3 is 25.0 Å². The fraction of sp³-hybridized carbons (Fsp3) is 0.469. The molecule has 0 radical (unpaired) electrons. The number of benzene rings is 2. The Morgan fingerprint density at radius 2 is 1.93 bits per heavy atom. The van der Waals surface area contributed by atoms with Crippen molar-refractivity contribution in [3.63, 3.8) is 0 Å². The SMILES string of the molecule is COc1cccc(CN2C(=O)[C@@H]3[C@H](C(=O)Nc4cccc(Cl)c4)[C@@H]4C=C[C@@]3(O4)[C@@H]2C(=O)N[C@@H]2CCC[C@H](C)[C@@H]2C)c1. The van der Waals surface area contributed by atoms with Gasteiger partial charge in [-0.15, -0.1) is 0 Å². The second-order valence-corrected chi connectivity index (χ2v) is 12.3. The number of anilines is 1. The van der Waals surface area contributed by atoms with Gasteiger partial charge in [-0.1, -0.05) is 68.6 Å². The van der Waals surface area contributed by atoms with E-state index in [2.05, 4.69) is 24.5 Å². The minimum Gasteiger partial charge on any atom is -0.497 e. The first-order valence-corrected chi connectivity index (χ1v) is 14.8. The van der Waals surface area contributed by atoms with Crippen LogP contribution in [0.3, 0.4) is 0 Å². The van der Waals surface area contributed by atoms with E-state index in [-0.39, 0.29) is 30.3 Å². The summed E-state index contributed by atoms with van der Waals surface area (Å²) in [5, 5.41) is 6.70. The number of hydrogen-bond donors (Lipinski definition) is 2. The lowest BCUT2D eigenvalue weighted by Gasteiger charge is -2.38. The summed E-state index contributed by atoms with van der Waals surface area (Å²) in [6.45, 7) is 4.59. The maximum Gasteiger partial charge on any atom is 0.246 e. The zero-order chi connectivity index (χ0) is 28.9. The van der Waals surface area contributed by atoms with Crippen molar-refractivity contribution in [3.05, 3.63) is 71.3 Å². The molecule has 1 spiro atoms. The third-order valence-electron chi connectivity index (χ3n) is 9.54. The van der Waals surface area contributed by atoms with Crippen LogP contribution in [0, 0.1) is 23.7 Å². The lowest BCUT2D eigenvalue weighted by Crippen LogP contribution is -2.57. The number of amides is 3. The number of halogens is 1. The van der Waals surface area contributed by atoms with E-state index in [0.717, 1.165) is 24.8 Å². The molecule has 8 atom stereocenters. The number of nitrogens with zero attached hydrogens (tertiary/aromatic N) is 1. The summed E-state index contributed by atoms with van der Waals surface area (Å²) >= 11 is 6.13. The normalized spacial score (nSPS) is 33.5. The van der Waals surface area contributed by atoms with E-state index < -0.39 is 29.6 Å². The standard InChI is InChI=1S/C32H36ClN3O5/c1-18-7-4-12-24(19(18)2)35-30(38)28-32-14-13-25(41-32)26(29(37)34-22-10-6-9-21(33)16-22)27(32)31(39)36(28)17-20-8-5-11-23(15-20)40-3/h5-6,8-11,13-16,18-19,24-28H,4,7,12,17H2,1-3H3,(H,34,37)(H,35,38)/t18-,19-,24+,25-,26+,27-,28-,32-/m0/s1. The average Bonchev–Trinajstić information content (AvgIpc) is 3.59. The molecular formula is C32H36ClN3O5. The average molecular weight is 578 g/mol. The highest BCUT2D eigenvalue weighted by Crippen LogP contribution is 2.55. The molecule has 2 aromatic rings. The van der Waals surface area contributed by atoms with Crippen molar-refractivity contribution in [2.75, 3.05) is 12.4 Å². The van der Waals surface area contributed by atoms with Crippen molar-refractivity contribution in [3.8, 4) is 5.75 Å². The number of carbonyl (C=O) groups is 3. The minimum atomic E-state index is -1.23. The van der Waals surface area contributed by atoms with Crippen LogP contribution in [0.4, 0.5) is 5.69 Å². The van der Waals surface area contributed by atoms with Crippen LogP contribution < -0.4 is 15.4 Å². The maximum absolute atomic E-state index is 14.3. The van der Waals surface area contributed by atoms with Gasteiger partial charge >= 0.3 is 0 Å². The highest BCUT2D eigenvalue weighted by Gasteiger charge is 2.72. The molecule has 2 saturated heterocycles. The number of likely N-dealkylation sites (tertiary alicyclic amines) is 1. The van der Waals surface area contributed by atoms with Crippen molar-refractivity contribution in [1.82, 2.24) is 10.2 Å². The number of hydrogen-bond acceptors (Lipinski definition) is 5. The predicted molar refractivity (Wildman–Crippen MR) is 155 cm³/mol. The van der Waals surface area contributed by atoms with Crippen LogP contribution in [0.2, 0.25) is 5.02 Å². The molecular weight excluding hydrogens is 542 g/mol. The second kappa shape index (κ2) is 10.8. The van der Waals surface area contributed by atoms with Gasteiger partial charge in [-0.05, 0) is 54.2 Å². The van der Waals surface area contributed by atoms with Crippen LogP contribution in [0.25, 0.3) is 0 Å². The molecule has 0 aromatic heterocycles. The molecule has 6 rings (SSSR count). The van der Waals surface area contributed by atoms with E-state index in [9.17, 15) is 14.4 Å². The quantitative estimate of drug-likeness (QED) is 0.470. The smallest absolute Gasteiger partial charge is 0.246 e. The van der Waals surface area contributed by atoms with Gasteiger partial charge in [-0.3, -0.25) is 14.4 Å². The Morgan fingerprint density at radius 1 is 1.12 bits per heavy atom. The summed E-state index contributed by atoms with van der Waals surface area (Å²) in [5.41, 5.74) is 0.131. The van der Waals surface area contributed by atoms with E-state index in [4.69, 9.17) is 21.1 Å². The van der Waals surface area contributed by atoms with E-state index in [1.54, 1.807) is 36.3 Å². The lowest BCUT2D eigenvalue weighted by molar-refractivity contribution is -0.142. The number of ether oxygens (including phenoxy) is 2. The molecule has 8 nitrogen and oxygen atoms in total. The molecule has 1 saturated carbocycles. The summed E-state index contributed by atoms with van der Waals surface area (Å²) < 4.78 is 11.9. The van der Waals surface area contributed by atoms with Crippen LogP contribution >= 0.6 is 11.6 Å². The molecule has 3 aliphatic heterocycles. The highest BCUT2D eigenvalue weighted by molar-refractivity contribution is 6.30. The summed E-state index contributed by atoms with van der Waals surface area (Å²) in [7, 11) is 1.59. The topological polar surface area (TPSA) is 97.0 Å². The fourth-order valence-corrected chi connectivity index (χ4v) is 7.43. The van der Waals surface area contributed by atoms with Gasteiger partial charge in [0.25, 0.3) is 0 Å².